The molecular weight excluding hydrogens is 194 g/mol. The van der Waals surface area contributed by atoms with Gasteiger partial charge in [0.25, 0.3) is 0 Å². The van der Waals surface area contributed by atoms with Crippen molar-refractivity contribution in [3.05, 3.63) is 29.6 Å². The predicted molar refractivity (Wildman–Crippen MR) is 55.4 cm³/mol. The lowest BCUT2D eigenvalue weighted by molar-refractivity contribution is 0.973. The molecule has 0 N–H and O–H groups in total. The zero-order chi connectivity index (χ0) is 10.4. The molecule has 0 aromatic carbocycles. The molecule has 0 bridgehead atoms. The van der Waals surface area contributed by atoms with E-state index in [1.165, 1.54) is 0 Å². The van der Waals surface area contributed by atoms with E-state index in [1.807, 2.05) is 18.4 Å². The van der Waals surface area contributed by atoms with Crippen molar-refractivity contribution in [3.63, 3.8) is 0 Å². The van der Waals surface area contributed by atoms with Crippen LogP contribution in [0.3, 0.4) is 0 Å². The van der Waals surface area contributed by atoms with Crippen molar-refractivity contribution < 1.29 is 0 Å². The van der Waals surface area contributed by atoms with Gasteiger partial charge in [0.05, 0.1) is 12.5 Å². The average molecular weight is 203 g/mol. The first kappa shape index (κ1) is 10.6. The van der Waals surface area contributed by atoms with Gasteiger partial charge in [0.15, 0.2) is 0 Å². The second-order valence-electron chi connectivity index (χ2n) is 2.67. The molecule has 70 valence electrons. The maximum Gasteiger partial charge on any atom is 0.140 e. The molecule has 0 aliphatic carbocycles. The number of nitriles is 2. The van der Waals surface area contributed by atoms with Crippen molar-refractivity contribution in [1.29, 1.82) is 10.5 Å². The lowest BCUT2D eigenvalue weighted by atomic mass is 10.1. The highest BCUT2D eigenvalue weighted by Crippen LogP contribution is 2.29. The third-order valence-electron chi connectivity index (χ3n) is 1.83. The van der Waals surface area contributed by atoms with Crippen LogP contribution in [0.4, 0.5) is 0 Å². The quantitative estimate of drug-likeness (QED) is 0.756. The zero-order valence-corrected chi connectivity index (χ0v) is 8.58. The third-order valence-corrected chi connectivity index (χ3v) is 2.84. The summed E-state index contributed by atoms with van der Waals surface area (Å²) in [4.78, 5) is 3.88. The molecule has 0 aliphatic rings. The van der Waals surface area contributed by atoms with Crippen LogP contribution in [-0.4, -0.2) is 11.2 Å². The molecule has 0 fully saturated rings. The van der Waals surface area contributed by atoms with Crippen molar-refractivity contribution in [2.45, 2.75) is 11.7 Å². The fraction of sp³-hybridized carbons (Fsp3) is 0.300. The van der Waals surface area contributed by atoms with Gasteiger partial charge < -0.3 is 0 Å². The highest BCUT2D eigenvalue weighted by Gasteiger charge is 2.09. The number of hydrogen-bond donors (Lipinski definition) is 0. The van der Waals surface area contributed by atoms with Crippen LogP contribution in [0.2, 0.25) is 0 Å². The zero-order valence-electron chi connectivity index (χ0n) is 7.77. The molecule has 0 amide bonds. The standard InChI is InChI=1S/C10H9N3S/c1-14-10(2-4-11)8-3-5-13-9(6-8)7-12/h3,5-6,10H,2H2,1H3. The minimum atomic E-state index is 0.134. The van der Waals surface area contributed by atoms with Crippen LogP contribution in [0.25, 0.3) is 0 Å². The van der Waals surface area contributed by atoms with Crippen LogP contribution in [0, 0.1) is 22.7 Å². The molecule has 1 aromatic rings. The number of nitrogens with zero attached hydrogens (tertiary/aromatic N) is 3. The van der Waals surface area contributed by atoms with Crippen LogP contribution in [0.5, 0.6) is 0 Å². The van der Waals surface area contributed by atoms with Crippen LogP contribution < -0.4 is 0 Å². The minimum Gasteiger partial charge on any atom is -0.246 e. The smallest absolute Gasteiger partial charge is 0.140 e. The molecule has 4 heteroatoms. The first-order chi connectivity index (χ1) is 6.81. The average Bonchev–Trinajstić information content (AvgIpc) is 2.26. The molecule has 0 radical (unpaired) electrons. The van der Waals surface area contributed by atoms with Gasteiger partial charge in [0, 0.05) is 11.4 Å². The van der Waals surface area contributed by atoms with E-state index in [0.717, 1.165) is 5.56 Å². The largest absolute Gasteiger partial charge is 0.246 e. The Morgan fingerprint density at radius 3 is 2.93 bits per heavy atom. The second-order valence-corrected chi connectivity index (χ2v) is 3.71. The van der Waals surface area contributed by atoms with E-state index in [-0.39, 0.29) is 5.25 Å². The Bertz CT molecular complexity index is 389. The lowest BCUT2D eigenvalue weighted by Crippen LogP contribution is -1.94. The Morgan fingerprint density at radius 1 is 1.57 bits per heavy atom. The van der Waals surface area contributed by atoms with Gasteiger partial charge in [-0.05, 0) is 24.0 Å². The monoisotopic (exact) mass is 203 g/mol. The summed E-state index contributed by atoms with van der Waals surface area (Å²) in [7, 11) is 0. The number of pyridine rings is 1. The van der Waals surface area contributed by atoms with E-state index in [0.29, 0.717) is 12.1 Å². The molecule has 1 unspecified atom stereocenters. The highest BCUT2D eigenvalue weighted by atomic mass is 32.2. The summed E-state index contributed by atoms with van der Waals surface area (Å²) in [5, 5.41) is 17.4. The lowest BCUT2D eigenvalue weighted by Gasteiger charge is -2.10. The first-order valence-corrected chi connectivity index (χ1v) is 5.36. The Hall–Kier alpha value is -1.52. The molecule has 1 atom stereocenters. The van der Waals surface area contributed by atoms with Crippen LogP contribution in [0.15, 0.2) is 18.3 Å². The third kappa shape index (κ3) is 2.48. The van der Waals surface area contributed by atoms with E-state index in [4.69, 9.17) is 10.5 Å². The predicted octanol–water partition coefficient (Wildman–Crippen LogP) is 2.27. The molecule has 14 heavy (non-hydrogen) atoms. The minimum absolute atomic E-state index is 0.134. The Labute approximate surface area is 87.4 Å². The SMILES string of the molecule is CSC(CC#N)c1ccnc(C#N)c1. The summed E-state index contributed by atoms with van der Waals surface area (Å²) in [6.07, 6.45) is 4.01. The fourth-order valence-electron chi connectivity index (χ4n) is 1.13. The Balaban J connectivity index is 2.94. The summed E-state index contributed by atoms with van der Waals surface area (Å²) in [5.41, 5.74) is 1.39. The van der Waals surface area contributed by atoms with Gasteiger partial charge in [-0.15, -0.1) is 0 Å². The van der Waals surface area contributed by atoms with E-state index in [2.05, 4.69) is 11.1 Å². The summed E-state index contributed by atoms with van der Waals surface area (Å²) in [6, 6.07) is 7.70. The van der Waals surface area contributed by atoms with Gasteiger partial charge in [-0.3, -0.25) is 0 Å². The second kappa shape index (κ2) is 5.26. The number of rotatable bonds is 3. The van der Waals surface area contributed by atoms with Gasteiger partial charge in [-0.25, -0.2) is 4.98 Å². The van der Waals surface area contributed by atoms with Crippen molar-refractivity contribution in [3.8, 4) is 12.1 Å². The van der Waals surface area contributed by atoms with E-state index >= 15 is 0 Å². The summed E-state index contributed by atoms with van der Waals surface area (Å²) < 4.78 is 0. The first-order valence-electron chi connectivity index (χ1n) is 4.07. The summed E-state index contributed by atoms with van der Waals surface area (Å²) >= 11 is 1.61. The van der Waals surface area contributed by atoms with Gasteiger partial charge >= 0.3 is 0 Å². The van der Waals surface area contributed by atoms with Crippen molar-refractivity contribution in [2.24, 2.45) is 0 Å². The highest BCUT2D eigenvalue weighted by molar-refractivity contribution is 7.98. The topological polar surface area (TPSA) is 60.5 Å². The number of hydrogen-bond acceptors (Lipinski definition) is 4. The maximum absolute atomic E-state index is 8.66. The molecule has 1 rings (SSSR count). The number of aromatic nitrogens is 1. The molecule has 0 aliphatic heterocycles. The molecule has 0 spiro atoms. The molecule has 0 saturated carbocycles. The summed E-state index contributed by atoms with van der Waals surface area (Å²) in [6.45, 7) is 0. The summed E-state index contributed by atoms with van der Waals surface area (Å²) in [5.74, 6) is 0. The van der Waals surface area contributed by atoms with Crippen LogP contribution in [-0.2, 0) is 0 Å². The van der Waals surface area contributed by atoms with Gasteiger partial charge in [-0.2, -0.15) is 22.3 Å². The number of thioether (sulfide) groups is 1. The van der Waals surface area contributed by atoms with Gasteiger partial charge in [0.2, 0.25) is 0 Å². The van der Waals surface area contributed by atoms with Gasteiger partial charge in [-0.1, -0.05) is 0 Å². The van der Waals surface area contributed by atoms with Crippen molar-refractivity contribution in [2.75, 3.05) is 6.26 Å². The molecule has 0 saturated heterocycles. The van der Waals surface area contributed by atoms with E-state index < -0.39 is 0 Å². The Morgan fingerprint density at radius 2 is 2.36 bits per heavy atom. The van der Waals surface area contributed by atoms with Crippen molar-refractivity contribution >= 4 is 11.8 Å². The normalized spacial score (nSPS) is 11.4. The molecular formula is C10H9N3S. The van der Waals surface area contributed by atoms with Crippen LogP contribution >= 0.6 is 11.8 Å². The van der Waals surface area contributed by atoms with Gasteiger partial charge in [0.1, 0.15) is 11.8 Å². The van der Waals surface area contributed by atoms with E-state index in [1.54, 1.807) is 24.0 Å². The van der Waals surface area contributed by atoms with Crippen molar-refractivity contribution in [1.82, 2.24) is 4.98 Å². The fourth-order valence-corrected chi connectivity index (χ4v) is 1.79. The van der Waals surface area contributed by atoms with E-state index in [9.17, 15) is 0 Å². The Kier molecular flexibility index (Phi) is 3.97. The molecule has 1 aromatic heterocycles. The molecule has 3 nitrogen and oxygen atoms in total. The maximum atomic E-state index is 8.66. The van der Waals surface area contributed by atoms with Crippen LogP contribution in [0.1, 0.15) is 22.9 Å². The molecule has 1 heterocycles.